The molecule has 0 saturated carbocycles. The molecule has 2 rings (SSSR count). The van der Waals surface area contributed by atoms with E-state index in [0.717, 1.165) is 29.3 Å². The molecule has 1 aromatic heterocycles. The molecule has 0 amide bonds. The molecule has 0 aliphatic heterocycles. The summed E-state index contributed by atoms with van der Waals surface area (Å²) in [5.74, 6) is 1.75. The summed E-state index contributed by atoms with van der Waals surface area (Å²) < 4.78 is 5.60. The van der Waals surface area contributed by atoms with E-state index in [4.69, 9.17) is 10.5 Å². The van der Waals surface area contributed by atoms with E-state index in [1.165, 1.54) is 0 Å². The van der Waals surface area contributed by atoms with Crippen molar-refractivity contribution in [2.75, 3.05) is 6.54 Å². The number of hydrogen-bond acceptors (Lipinski definition) is 3. The first-order valence-corrected chi connectivity index (χ1v) is 6.20. The predicted octanol–water partition coefficient (Wildman–Crippen LogP) is 2.37. The van der Waals surface area contributed by atoms with Gasteiger partial charge in [0.1, 0.15) is 11.6 Å². The Balaban J connectivity index is 2.12. The molecule has 18 heavy (non-hydrogen) atoms. The van der Waals surface area contributed by atoms with Crippen molar-refractivity contribution in [3.63, 3.8) is 0 Å². The molecule has 0 atom stereocenters. The maximum Gasteiger partial charge on any atom is 0.137 e. The van der Waals surface area contributed by atoms with Gasteiger partial charge in [-0.15, -0.1) is 0 Å². The number of nitrogens with two attached hydrogens (primary N) is 1. The fourth-order valence-electron chi connectivity index (χ4n) is 1.75. The number of rotatable bonds is 5. The summed E-state index contributed by atoms with van der Waals surface area (Å²) in [6, 6.07) is 7.92. The van der Waals surface area contributed by atoms with Gasteiger partial charge in [-0.2, -0.15) is 0 Å². The minimum atomic E-state index is 0.190. The van der Waals surface area contributed by atoms with Crippen LogP contribution in [-0.4, -0.2) is 22.6 Å². The van der Waals surface area contributed by atoms with Crippen molar-refractivity contribution in [3.05, 3.63) is 36.2 Å². The maximum absolute atomic E-state index is 5.60. The highest BCUT2D eigenvalue weighted by atomic mass is 16.5. The van der Waals surface area contributed by atoms with E-state index in [-0.39, 0.29) is 6.10 Å². The molecule has 0 saturated heterocycles. The molecule has 0 radical (unpaired) electrons. The first kappa shape index (κ1) is 12.6. The summed E-state index contributed by atoms with van der Waals surface area (Å²) in [5.41, 5.74) is 7.63. The van der Waals surface area contributed by atoms with Crippen molar-refractivity contribution in [1.29, 1.82) is 0 Å². The van der Waals surface area contributed by atoms with Crippen molar-refractivity contribution in [1.82, 2.24) is 9.97 Å². The predicted molar refractivity (Wildman–Crippen MR) is 72.5 cm³/mol. The summed E-state index contributed by atoms with van der Waals surface area (Å²) in [6.07, 6.45) is 2.85. The zero-order valence-corrected chi connectivity index (χ0v) is 10.8. The lowest BCUT2D eigenvalue weighted by atomic mass is 10.2. The second-order valence-electron chi connectivity index (χ2n) is 4.49. The van der Waals surface area contributed by atoms with Gasteiger partial charge < -0.3 is 15.5 Å². The molecule has 96 valence electrons. The third-order valence-electron chi connectivity index (χ3n) is 2.54. The van der Waals surface area contributed by atoms with Crippen LogP contribution in [0.4, 0.5) is 0 Å². The van der Waals surface area contributed by atoms with E-state index in [0.29, 0.717) is 6.54 Å². The third-order valence-corrected chi connectivity index (χ3v) is 2.54. The normalized spacial score (nSPS) is 10.9. The number of aromatic amines is 1. The zero-order valence-electron chi connectivity index (χ0n) is 10.8. The lowest BCUT2D eigenvalue weighted by Crippen LogP contribution is -2.05. The maximum atomic E-state index is 5.60. The molecule has 4 heteroatoms. The van der Waals surface area contributed by atoms with E-state index < -0.39 is 0 Å². The highest BCUT2D eigenvalue weighted by Crippen LogP contribution is 2.20. The van der Waals surface area contributed by atoms with Crippen LogP contribution in [0.3, 0.4) is 0 Å². The van der Waals surface area contributed by atoms with Crippen molar-refractivity contribution in [2.24, 2.45) is 5.73 Å². The largest absolute Gasteiger partial charge is 0.491 e. The highest BCUT2D eigenvalue weighted by Gasteiger charge is 2.04. The third kappa shape index (κ3) is 3.11. The SMILES string of the molecule is CC(C)Oc1ccc(-c2ncc(CCN)[nH]2)cc1. The van der Waals surface area contributed by atoms with Gasteiger partial charge in [-0.05, 0) is 44.7 Å². The Bertz CT molecular complexity index is 488. The minimum Gasteiger partial charge on any atom is -0.491 e. The first-order valence-electron chi connectivity index (χ1n) is 6.20. The minimum absolute atomic E-state index is 0.190. The molecule has 0 bridgehead atoms. The molecule has 0 fully saturated rings. The zero-order chi connectivity index (χ0) is 13.0. The van der Waals surface area contributed by atoms with E-state index in [9.17, 15) is 0 Å². The van der Waals surface area contributed by atoms with Crippen molar-refractivity contribution in [3.8, 4) is 17.1 Å². The smallest absolute Gasteiger partial charge is 0.137 e. The fraction of sp³-hybridized carbons (Fsp3) is 0.357. The molecular weight excluding hydrogens is 226 g/mol. The summed E-state index contributed by atoms with van der Waals surface area (Å²) in [7, 11) is 0. The van der Waals surface area contributed by atoms with Crippen LogP contribution in [0.5, 0.6) is 5.75 Å². The average Bonchev–Trinajstić information content (AvgIpc) is 2.78. The van der Waals surface area contributed by atoms with Gasteiger partial charge >= 0.3 is 0 Å². The number of nitrogens with one attached hydrogen (secondary N) is 1. The number of ether oxygens (including phenoxy) is 1. The number of hydrogen-bond donors (Lipinski definition) is 2. The molecule has 1 aromatic carbocycles. The Hall–Kier alpha value is -1.81. The second-order valence-corrected chi connectivity index (χ2v) is 4.49. The van der Waals surface area contributed by atoms with E-state index >= 15 is 0 Å². The van der Waals surface area contributed by atoms with Crippen molar-refractivity contribution >= 4 is 0 Å². The Labute approximate surface area is 107 Å². The lowest BCUT2D eigenvalue weighted by Gasteiger charge is -2.09. The molecule has 2 aromatic rings. The molecule has 0 aliphatic rings. The van der Waals surface area contributed by atoms with E-state index in [1.54, 1.807) is 0 Å². The average molecular weight is 245 g/mol. The van der Waals surface area contributed by atoms with Crippen LogP contribution in [0.1, 0.15) is 19.5 Å². The Kier molecular flexibility index (Phi) is 3.99. The Morgan fingerprint density at radius 2 is 2.00 bits per heavy atom. The molecule has 0 unspecified atom stereocenters. The number of imidazole rings is 1. The molecule has 1 heterocycles. The van der Waals surface area contributed by atoms with E-state index in [1.807, 2.05) is 44.3 Å². The summed E-state index contributed by atoms with van der Waals surface area (Å²) in [4.78, 5) is 7.60. The van der Waals surface area contributed by atoms with Crippen LogP contribution in [0.25, 0.3) is 11.4 Å². The van der Waals surface area contributed by atoms with Crippen LogP contribution >= 0.6 is 0 Å². The van der Waals surface area contributed by atoms with Gasteiger partial charge in [0, 0.05) is 23.9 Å². The highest BCUT2D eigenvalue weighted by molar-refractivity contribution is 5.56. The van der Waals surface area contributed by atoms with Crippen LogP contribution < -0.4 is 10.5 Å². The summed E-state index contributed by atoms with van der Waals surface area (Å²) in [5, 5.41) is 0. The van der Waals surface area contributed by atoms with Crippen LogP contribution in [0.2, 0.25) is 0 Å². The van der Waals surface area contributed by atoms with Crippen LogP contribution in [0, 0.1) is 0 Å². The monoisotopic (exact) mass is 245 g/mol. The van der Waals surface area contributed by atoms with Gasteiger partial charge in [0.25, 0.3) is 0 Å². The van der Waals surface area contributed by atoms with Gasteiger partial charge in [0.15, 0.2) is 0 Å². The van der Waals surface area contributed by atoms with Crippen LogP contribution in [-0.2, 0) is 6.42 Å². The van der Waals surface area contributed by atoms with Gasteiger partial charge in [0.2, 0.25) is 0 Å². The molecule has 0 aliphatic carbocycles. The van der Waals surface area contributed by atoms with Gasteiger partial charge in [-0.25, -0.2) is 4.98 Å². The number of H-pyrrole nitrogens is 1. The van der Waals surface area contributed by atoms with Crippen molar-refractivity contribution < 1.29 is 4.74 Å². The topological polar surface area (TPSA) is 63.9 Å². The first-order chi connectivity index (χ1) is 8.69. The van der Waals surface area contributed by atoms with Gasteiger partial charge in [0.05, 0.1) is 6.10 Å². The lowest BCUT2D eigenvalue weighted by molar-refractivity contribution is 0.242. The van der Waals surface area contributed by atoms with Gasteiger partial charge in [-0.3, -0.25) is 0 Å². The summed E-state index contributed by atoms with van der Waals surface area (Å²) in [6.45, 7) is 4.65. The molecular formula is C14H19N3O. The number of benzene rings is 1. The Morgan fingerprint density at radius 1 is 1.28 bits per heavy atom. The summed E-state index contributed by atoms with van der Waals surface area (Å²) >= 11 is 0. The molecule has 0 spiro atoms. The fourth-order valence-corrected chi connectivity index (χ4v) is 1.75. The van der Waals surface area contributed by atoms with Gasteiger partial charge in [-0.1, -0.05) is 0 Å². The van der Waals surface area contributed by atoms with Crippen LogP contribution in [0.15, 0.2) is 30.5 Å². The second kappa shape index (κ2) is 5.69. The number of nitrogens with zero attached hydrogens (tertiary/aromatic N) is 1. The quantitative estimate of drug-likeness (QED) is 0.850. The molecule has 4 nitrogen and oxygen atoms in total. The Morgan fingerprint density at radius 3 is 2.61 bits per heavy atom. The molecule has 3 N–H and O–H groups in total. The van der Waals surface area contributed by atoms with E-state index in [2.05, 4.69) is 9.97 Å². The standard InChI is InChI=1S/C14H19N3O/c1-10(2)18-13-5-3-11(4-6-13)14-16-9-12(17-14)7-8-15/h3-6,9-10H,7-8,15H2,1-2H3,(H,16,17). The number of aromatic nitrogens is 2. The van der Waals surface area contributed by atoms with Crippen molar-refractivity contribution in [2.45, 2.75) is 26.4 Å².